The van der Waals surface area contributed by atoms with Crippen LogP contribution >= 0.6 is 23.1 Å². The fraction of sp³-hybridized carbons (Fsp3) is 0.222. The van der Waals surface area contributed by atoms with E-state index in [-0.39, 0.29) is 0 Å². The lowest BCUT2D eigenvalue weighted by Gasteiger charge is -2.04. The second-order valence-corrected chi connectivity index (χ2v) is 7.80. The van der Waals surface area contributed by atoms with Gasteiger partial charge in [0.2, 0.25) is 11.7 Å². The predicted molar refractivity (Wildman–Crippen MR) is 101 cm³/mol. The number of thiophene rings is 1. The minimum atomic E-state index is 0.475. The van der Waals surface area contributed by atoms with E-state index in [2.05, 4.69) is 46.3 Å². The maximum absolute atomic E-state index is 5.64. The van der Waals surface area contributed by atoms with Crippen molar-refractivity contribution in [3.8, 4) is 22.2 Å². The Morgan fingerprint density at radius 3 is 2.69 bits per heavy atom. The minimum Gasteiger partial charge on any atom is -0.410 e. The fourth-order valence-electron chi connectivity index (χ4n) is 2.34. The number of rotatable bonds is 6. The lowest BCUT2D eigenvalue weighted by atomic mass is 10.0. The van der Waals surface area contributed by atoms with Gasteiger partial charge in [0.1, 0.15) is 0 Å². The molecule has 0 fully saturated rings. The van der Waals surface area contributed by atoms with Crippen LogP contribution in [0.1, 0.15) is 31.2 Å². The maximum Gasteiger partial charge on any atom is 0.277 e. The molecule has 26 heavy (non-hydrogen) atoms. The van der Waals surface area contributed by atoms with Gasteiger partial charge >= 0.3 is 0 Å². The zero-order valence-corrected chi connectivity index (χ0v) is 15.9. The summed E-state index contributed by atoms with van der Waals surface area (Å²) in [7, 11) is 0. The summed E-state index contributed by atoms with van der Waals surface area (Å²) in [6.45, 7) is 4.33. The summed E-state index contributed by atoms with van der Waals surface area (Å²) >= 11 is 2.94. The van der Waals surface area contributed by atoms with Crippen molar-refractivity contribution in [3.05, 3.63) is 53.2 Å². The summed E-state index contributed by atoms with van der Waals surface area (Å²) in [6.07, 6.45) is 0. The van der Waals surface area contributed by atoms with Crippen LogP contribution < -0.4 is 0 Å². The maximum atomic E-state index is 5.64. The SMILES string of the molecule is CC(C)c1ccc(-c2noc(CSc3nnc(-c4cccs4)o3)n2)cc1. The zero-order valence-electron chi connectivity index (χ0n) is 14.2. The van der Waals surface area contributed by atoms with E-state index >= 15 is 0 Å². The second-order valence-electron chi connectivity index (χ2n) is 5.93. The fourth-order valence-corrected chi connectivity index (χ4v) is 3.58. The summed E-state index contributed by atoms with van der Waals surface area (Å²) in [4.78, 5) is 5.39. The lowest BCUT2D eigenvalue weighted by molar-refractivity contribution is 0.391. The van der Waals surface area contributed by atoms with E-state index in [0.717, 1.165) is 10.4 Å². The first-order chi connectivity index (χ1) is 12.7. The number of aromatic nitrogens is 4. The quantitative estimate of drug-likeness (QED) is 0.419. The van der Waals surface area contributed by atoms with Crippen LogP contribution in [0.2, 0.25) is 0 Å². The topological polar surface area (TPSA) is 77.8 Å². The van der Waals surface area contributed by atoms with Gasteiger partial charge in [0.15, 0.2) is 0 Å². The summed E-state index contributed by atoms with van der Waals surface area (Å²) in [5, 5.41) is 14.6. The van der Waals surface area contributed by atoms with Crippen LogP contribution in [-0.4, -0.2) is 20.3 Å². The van der Waals surface area contributed by atoms with Crippen LogP contribution in [0.15, 0.2) is 55.9 Å². The van der Waals surface area contributed by atoms with Crippen molar-refractivity contribution in [3.63, 3.8) is 0 Å². The Morgan fingerprint density at radius 2 is 1.96 bits per heavy atom. The van der Waals surface area contributed by atoms with Gasteiger partial charge in [-0.2, -0.15) is 4.98 Å². The number of thioether (sulfide) groups is 1. The largest absolute Gasteiger partial charge is 0.410 e. The van der Waals surface area contributed by atoms with Crippen LogP contribution in [0.25, 0.3) is 22.2 Å². The van der Waals surface area contributed by atoms with E-state index in [1.54, 1.807) is 11.3 Å². The molecule has 0 radical (unpaired) electrons. The molecule has 0 saturated heterocycles. The van der Waals surface area contributed by atoms with Crippen LogP contribution in [0.3, 0.4) is 0 Å². The summed E-state index contributed by atoms with van der Waals surface area (Å²) in [5.74, 6) is 2.60. The van der Waals surface area contributed by atoms with Crippen molar-refractivity contribution in [2.24, 2.45) is 0 Å². The van der Waals surface area contributed by atoms with Crippen molar-refractivity contribution >= 4 is 23.1 Å². The molecular weight excluding hydrogens is 368 g/mol. The van der Waals surface area contributed by atoms with E-state index in [1.807, 2.05) is 29.6 Å². The molecule has 0 atom stereocenters. The van der Waals surface area contributed by atoms with Crippen LogP contribution in [0, 0.1) is 0 Å². The second kappa shape index (κ2) is 7.43. The Hall–Kier alpha value is -2.45. The summed E-state index contributed by atoms with van der Waals surface area (Å²) in [6, 6.07) is 12.1. The van der Waals surface area contributed by atoms with Crippen LogP contribution in [0.4, 0.5) is 0 Å². The number of hydrogen-bond acceptors (Lipinski definition) is 8. The van der Waals surface area contributed by atoms with Gasteiger partial charge in [-0.3, -0.25) is 0 Å². The van der Waals surface area contributed by atoms with E-state index < -0.39 is 0 Å². The van der Waals surface area contributed by atoms with Gasteiger partial charge in [-0.15, -0.1) is 21.5 Å². The Balaban J connectivity index is 1.41. The molecule has 0 amide bonds. The Labute approximate surface area is 158 Å². The Bertz CT molecular complexity index is 975. The Morgan fingerprint density at radius 1 is 1.12 bits per heavy atom. The van der Waals surface area contributed by atoms with Crippen molar-refractivity contribution in [2.45, 2.75) is 30.7 Å². The monoisotopic (exact) mass is 384 g/mol. The molecule has 0 unspecified atom stereocenters. The zero-order chi connectivity index (χ0) is 17.9. The van der Waals surface area contributed by atoms with Crippen molar-refractivity contribution in [1.82, 2.24) is 20.3 Å². The molecular formula is C18H16N4O2S2. The first-order valence-corrected chi connectivity index (χ1v) is 9.98. The lowest BCUT2D eigenvalue weighted by Crippen LogP contribution is -1.88. The highest BCUT2D eigenvalue weighted by Crippen LogP contribution is 2.28. The highest BCUT2D eigenvalue weighted by molar-refractivity contribution is 7.98. The van der Waals surface area contributed by atoms with Gasteiger partial charge in [0.25, 0.3) is 11.1 Å². The molecule has 6 nitrogen and oxygen atoms in total. The molecule has 0 bridgehead atoms. The van der Waals surface area contributed by atoms with E-state index in [9.17, 15) is 0 Å². The highest BCUT2D eigenvalue weighted by Gasteiger charge is 2.13. The summed E-state index contributed by atoms with van der Waals surface area (Å²) in [5.41, 5.74) is 2.22. The molecule has 0 aliphatic rings. The van der Waals surface area contributed by atoms with Crippen LogP contribution in [-0.2, 0) is 5.75 Å². The molecule has 3 heterocycles. The molecule has 132 valence electrons. The molecule has 1 aromatic carbocycles. The van der Waals surface area contributed by atoms with E-state index in [4.69, 9.17) is 8.94 Å². The number of benzene rings is 1. The predicted octanol–water partition coefficient (Wildman–Crippen LogP) is 5.26. The van der Waals surface area contributed by atoms with Gasteiger partial charge in [-0.1, -0.05) is 61.1 Å². The molecule has 0 aliphatic heterocycles. The third-order valence-corrected chi connectivity index (χ3v) is 5.42. The van der Waals surface area contributed by atoms with Gasteiger partial charge < -0.3 is 8.94 Å². The summed E-state index contributed by atoms with van der Waals surface area (Å²) < 4.78 is 11.0. The van der Waals surface area contributed by atoms with Crippen molar-refractivity contribution in [2.75, 3.05) is 0 Å². The van der Waals surface area contributed by atoms with Gasteiger partial charge in [0, 0.05) is 5.56 Å². The molecule has 0 N–H and O–H groups in total. The molecule has 0 saturated carbocycles. The van der Waals surface area contributed by atoms with E-state index in [0.29, 0.717) is 34.5 Å². The van der Waals surface area contributed by atoms with Gasteiger partial charge in [-0.05, 0) is 22.9 Å². The number of hydrogen-bond donors (Lipinski definition) is 0. The average molecular weight is 384 g/mol. The third kappa shape index (κ3) is 3.71. The molecule has 0 spiro atoms. The van der Waals surface area contributed by atoms with Crippen LogP contribution in [0.5, 0.6) is 0 Å². The van der Waals surface area contributed by atoms with Gasteiger partial charge in [0.05, 0.1) is 10.6 Å². The van der Waals surface area contributed by atoms with Crippen molar-refractivity contribution in [1.29, 1.82) is 0 Å². The number of nitrogens with zero attached hydrogens (tertiary/aromatic N) is 4. The van der Waals surface area contributed by atoms with Crippen molar-refractivity contribution < 1.29 is 8.94 Å². The highest BCUT2D eigenvalue weighted by atomic mass is 32.2. The first kappa shape index (κ1) is 17.0. The molecule has 8 heteroatoms. The third-order valence-electron chi connectivity index (χ3n) is 3.76. The molecule has 4 rings (SSSR count). The Kier molecular flexibility index (Phi) is 4.85. The smallest absolute Gasteiger partial charge is 0.277 e. The molecule has 3 aromatic heterocycles. The standard InChI is InChI=1S/C18H16N4O2S2/c1-11(2)12-5-7-13(8-6-12)16-19-15(24-22-16)10-26-18-21-20-17(23-18)14-4-3-9-25-14/h3-9,11H,10H2,1-2H3. The average Bonchev–Trinajstić information content (AvgIpc) is 3.40. The first-order valence-electron chi connectivity index (χ1n) is 8.12. The minimum absolute atomic E-state index is 0.475. The van der Waals surface area contributed by atoms with E-state index in [1.165, 1.54) is 17.3 Å². The normalized spacial score (nSPS) is 11.3. The molecule has 4 aromatic rings. The van der Waals surface area contributed by atoms with Gasteiger partial charge in [-0.25, -0.2) is 0 Å². The molecule has 0 aliphatic carbocycles.